The van der Waals surface area contributed by atoms with Crippen LogP contribution >= 0.6 is 0 Å². The van der Waals surface area contributed by atoms with Crippen LogP contribution in [-0.4, -0.2) is 65.8 Å². The van der Waals surface area contributed by atoms with Gasteiger partial charge in [-0.1, -0.05) is 0 Å². The zero-order chi connectivity index (χ0) is 23.0. The van der Waals surface area contributed by atoms with E-state index < -0.39 is 35.7 Å². The average molecular weight is 433 g/mol. The Morgan fingerprint density at radius 1 is 0.806 bits per heavy atom. The molecule has 2 aromatic heterocycles. The summed E-state index contributed by atoms with van der Waals surface area (Å²) in [4.78, 5) is 58.3. The molecule has 0 atom stereocenters. The molecule has 0 unspecified atom stereocenters. The van der Waals surface area contributed by atoms with Crippen molar-refractivity contribution in [2.75, 3.05) is 27.4 Å². The Kier molecular flexibility index (Phi) is 8.24. The molecule has 0 amide bonds. The van der Waals surface area contributed by atoms with Crippen LogP contribution in [0.15, 0.2) is 30.6 Å². The molecule has 31 heavy (non-hydrogen) atoms. The van der Waals surface area contributed by atoms with Crippen molar-refractivity contribution in [2.45, 2.75) is 25.7 Å². The highest BCUT2D eigenvalue weighted by Crippen LogP contribution is 2.30. The highest BCUT2D eigenvalue weighted by molar-refractivity contribution is 6.02. The zero-order valence-corrected chi connectivity index (χ0v) is 17.6. The molecular weight excluding hydrogens is 410 g/mol. The standard InChI is InChI=1S/C20H23N3O8/c1-5-30-18(26)15(19(27)31-6-2)13-9-8-12(14(16(24)28-3)17(25)29-4)23(13)20-21-10-7-11-22-20/h7-11,14-15H,5-6H2,1-4H3. The van der Waals surface area contributed by atoms with Crippen molar-refractivity contribution in [3.63, 3.8) is 0 Å². The average Bonchev–Trinajstić information content (AvgIpc) is 3.18. The predicted molar refractivity (Wildman–Crippen MR) is 104 cm³/mol. The van der Waals surface area contributed by atoms with Crippen molar-refractivity contribution >= 4 is 23.9 Å². The minimum Gasteiger partial charge on any atom is -0.468 e. The molecule has 2 aromatic rings. The van der Waals surface area contributed by atoms with Crippen LogP contribution in [0.5, 0.6) is 0 Å². The third kappa shape index (κ3) is 5.05. The Balaban J connectivity index is 2.78. The molecule has 0 aliphatic heterocycles. The summed E-state index contributed by atoms with van der Waals surface area (Å²) >= 11 is 0. The van der Waals surface area contributed by atoms with E-state index in [0.717, 1.165) is 14.2 Å². The molecule has 166 valence electrons. The van der Waals surface area contributed by atoms with Gasteiger partial charge in [0, 0.05) is 12.4 Å². The molecule has 0 saturated heterocycles. The van der Waals surface area contributed by atoms with Gasteiger partial charge in [-0.2, -0.15) is 0 Å². The highest BCUT2D eigenvalue weighted by Gasteiger charge is 2.40. The van der Waals surface area contributed by atoms with Crippen molar-refractivity contribution in [1.29, 1.82) is 0 Å². The normalized spacial score (nSPS) is 10.6. The second-order valence-electron chi connectivity index (χ2n) is 5.98. The maximum atomic E-state index is 12.6. The number of nitrogens with zero attached hydrogens (tertiary/aromatic N) is 3. The van der Waals surface area contributed by atoms with Gasteiger partial charge in [-0.25, -0.2) is 9.97 Å². The quantitative estimate of drug-likeness (QED) is 0.319. The number of rotatable bonds is 9. The molecule has 0 N–H and O–H groups in total. The van der Waals surface area contributed by atoms with Crippen molar-refractivity contribution in [2.24, 2.45) is 0 Å². The van der Waals surface area contributed by atoms with Crippen LogP contribution in [0.25, 0.3) is 5.95 Å². The van der Waals surface area contributed by atoms with E-state index >= 15 is 0 Å². The van der Waals surface area contributed by atoms with Gasteiger partial charge in [0.25, 0.3) is 0 Å². The topological polar surface area (TPSA) is 136 Å². The molecule has 0 spiro atoms. The first-order valence-corrected chi connectivity index (χ1v) is 9.38. The minimum absolute atomic E-state index is 0.00824. The van der Waals surface area contributed by atoms with E-state index in [1.807, 2.05) is 0 Å². The lowest BCUT2D eigenvalue weighted by molar-refractivity contribution is -0.157. The molecular formula is C20H23N3O8. The summed E-state index contributed by atoms with van der Waals surface area (Å²) < 4.78 is 20.8. The molecule has 0 radical (unpaired) electrons. The molecule has 11 nitrogen and oxygen atoms in total. The molecule has 0 aliphatic rings. The van der Waals surface area contributed by atoms with Gasteiger partial charge < -0.3 is 18.9 Å². The molecule has 0 fully saturated rings. The third-order valence-electron chi connectivity index (χ3n) is 4.20. The fourth-order valence-electron chi connectivity index (χ4n) is 2.92. The molecule has 0 aliphatic carbocycles. The SMILES string of the molecule is CCOC(=O)C(C(=O)OCC)c1ccc(C(C(=O)OC)C(=O)OC)n1-c1ncccn1. The van der Waals surface area contributed by atoms with Crippen LogP contribution in [0.1, 0.15) is 37.1 Å². The number of esters is 4. The predicted octanol–water partition coefficient (Wildman–Crippen LogP) is 0.907. The van der Waals surface area contributed by atoms with Crippen LogP contribution in [0.2, 0.25) is 0 Å². The lowest BCUT2D eigenvalue weighted by atomic mass is 10.1. The lowest BCUT2D eigenvalue weighted by Gasteiger charge is -2.20. The fraction of sp³-hybridized carbons (Fsp3) is 0.400. The fourth-order valence-corrected chi connectivity index (χ4v) is 2.92. The van der Waals surface area contributed by atoms with Crippen LogP contribution in [0.3, 0.4) is 0 Å². The van der Waals surface area contributed by atoms with Gasteiger partial charge in [-0.15, -0.1) is 0 Å². The number of methoxy groups -OCH3 is 2. The van der Waals surface area contributed by atoms with E-state index in [2.05, 4.69) is 9.97 Å². The van der Waals surface area contributed by atoms with E-state index in [9.17, 15) is 19.2 Å². The molecule has 0 saturated carbocycles. The summed E-state index contributed by atoms with van der Waals surface area (Å²) in [5, 5.41) is 0. The molecule has 0 aromatic carbocycles. The zero-order valence-electron chi connectivity index (χ0n) is 17.6. The van der Waals surface area contributed by atoms with Gasteiger partial charge in [0.05, 0.1) is 38.8 Å². The van der Waals surface area contributed by atoms with Crippen LogP contribution in [0, 0.1) is 0 Å². The van der Waals surface area contributed by atoms with Crippen LogP contribution in [-0.2, 0) is 38.1 Å². The van der Waals surface area contributed by atoms with E-state index in [-0.39, 0.29) is 30.5 Å². The smallest absolute Gasteiger partial charge is 0.326 e. The first-order valence-electron chi connectivity index (χ1n) is 9.38. The molecule has 2 heterocycles. The summed E-state index contributed by atoms with van der Waals surface area (Å²) in [5.74, 6) is -6.55. The number of carbonyl (C=O) groups excluding carboxylic acids is 4. The van der Waals surface area contributed by atoms with E-state index in [4.69, 9.17) is 18.9 Å². The number of aromatic nitrogens is 3. The number of hydrogen-bond acceptors (Lipinski definition) is 10. The van der Waals surface area contributed by atoms with Crippen molar-refractivity contribution < 1.29 is 38.1 Å². The summed E-state index contributed by atoms with van der Waals surface area (Å²) in [7, 11) is 2.23. The van der Waals surface area contributed by atoms with Crippen LogP contribution < -0.4 is 0 Å². The third-order valence-corrected chi connectivity index (χ3v) is 4.20. The van der Waals surface area contributed by atoms with Gasteiger partial charge in [0.2, 0.25) is 5.95 Å². The maximum absolute atomic E-state index is 12.6. The molecule has 2 rings (SSSR count). The first-order chi connectivity index (χ1) is 14.9. The number of hydrogen-bond donors (Lipinski definition) is 0. The Labute approximate surface area is 178 Å². The van der Waals surface area contributed by atoms with Gasteiger partial charge >= 0.3 is 23.9 Å². The van der Waals surface area contributed by atoms with Crippen molar-refractivity contribution in [3.05, 3.63) is 42.0 Å². The van der Waals surface area contributed by atoms with E-state index in [1.54, 1.807) is 19.9 Å². The van der Waals surface area contributed by atoms with Crippen molar-refractivity contribution in [3.8, 4) is 5.95 Å². The van der Waals surface area contributed by atoms with Gasteiger partial charge in [-0.05, 0) is 32.0 Å². The minimum atomic E-state index is -1.52. The number of carbonyl (C=O) groups is 4. The van der Waals surface area contributed by atoms with Gasteiger partial charge in [-0.3, -0.25) is 23.7 Å². The van der Waals surface area contributed by atoms with Gasteiger partial charge in [0.1, 0.15) is 0 Å². The highest BCUT2D eigenvalue weighted by atomic mass is 16.6. The molecule has 0 bridgehead atoms. The monoisotopic (exact) mass is 433 g/mol. The van der Waals surface area contributed by atoms with Gasteiger partial charge in [0.15, 0.2) is 11.8 Å². The Hall–Kier alpha value is -3.76. The van der Waals surface area contributed by atoms with Crippen LogP contribution in [0.4, 0.5) is 0 Å². The summed E-state index contributed by atoms with van der Waals surface area (Å²) in [6.07, 6.45) is 2.84. The summed E-state index contributed by atoms with van der Waals surface area (Å²) in [5.41, 5.74) is 0.0920. The van der Waals surface area contributed by atoms with E-state index in [1.165, 1.54) is 29.1 Å². The second kappa shape index (κ2) is 10.9. The first kappa shape index (κ1) is 23.5. The largest absolute Gasteiger partial charge is 0.468 e. The summed E-state index contributed by atoms with van der Waals surface area (Å²) in [6, 6.07) is 4.33. The Bertz CT molecular complexity index is 907. The summed E-state index contributed by atoms with van der Waals surface area (Å²) in [6.45, 7) is 3.24. The lowest BCUT2D eigenvalue weighted by Crippen LogP contribution is -2.31. The Morgan fingerprint density at radius 3 is 1.61 bits per heavy atom. The van der Waals surface area contributed by atoms with E-state index in [0.29, 0.717) is 0 Å². The maximum Gasteiger partial charge on any atom is 0.326 e. The second-order valence-corrected chi connectivity index (χ2v) is 5.98. The number of ether oxygens (including phenoxy) is 4. The Morgan fingerprint density at radius 2 is 1.23 bits per heavy atom. The molecule has 11 heteroatoms. The van der Waals surface area contributed by atoms with Crippen molar-refractivity contribution in [1.82, 2.24) is 14.5 Å².